The number of rotatable bonds is 5. The van der Waals surface area contributed by atoms with Crippen LogP contribution in [0.3, 0.4) is 0 Å². The van der Waals surface area contributed by atoms with Crippen molar-refractivity contribution in [2.45, 2.75) is 38.0 Å². The van der Waals surface area contributed by atoms with Crippen LogP contribution in [0.5, 0.6) is 0 Å². The quantitative estimate of drug-likeness (QED) is 0.680. The second kappa shape index (κ2) is 5.94. The van der Waals surface area contributed by atoms with Gasteiger partial charge in [-0.1, -0.05) is 0 Å². The summed E-state index contributed by atoms with van der Waals surface area (Å²) in [5.74, 6) is -1.77. The van der Waals surface area contributed by atoms with Crippen LogP contribution in [0.2, 0.25) is 0 Å². The lowest BCUT2D eigenvalue weighted by molar-refractivity contribution is -0.149. The Kier molecular flexibility index (Phi) is 5.47. The third-order valence-electron chi connectivity index (χ3n) is 1.91. The summed E-state index contributed by atoms with van der Waals surface area (Å²) in [6.45, 7) is 1.27. The Hall–Kier alpha value is -1.44. The van der Waals surface area contributed by atoms with Gasteiger partial charge in [-0.15, -0.1) is 0 Å². The van der Waals surface area contributed by atoms with Gasteiger partial charge in [-0.05, 0) is 20.8 Å². The summed E-state index contributed by atoms with van der Waals surface area (Å²) in [6.07, 6.45) is -1.18. The lowest BCUT2D eigenvalue weighted by atomic mass is 9.97. The first-order valence-corrected chi connectivity index (χ1v) is 5.12. The Labute approximate surface area is 103 Å². The third kappa shape index (κ3) is 4.82. The normalized spacial score (nSPS) is 13.9. The van der Waals surface area contributed by atoms with E-state index in [1.54, 1.807) is 5.32 Å². The molecule has 0 saturated carbocycles. The zero-order chi connectivity index (χ0) is 14.6. The van der Waals surface area contributed by atoms with E-state index < -0.39 is 42.7 Å². The first-order valence-electron chi connectivity index (χ1n) is 5.12. The van der Waals surface area contributed by atoms with Gasteiger partial charge >= 0.3 is 12.1 Å². The number of aliphatic hydroxyl groups is 1. The molecule has 0 aromatic rings. The molecule has 0 aromatic heterocycles. The van der Waals surface area contributed by atoms with Crippen LogP contribution < -0.4 is 5.32 Å². The molecule has 0 aliphatic rings. The predicted octanol–water partition coefficient (Wildman–Crippen LogP) is 0.634. The lowest BCUT2D eigenvalue weighted by Gasteiger charge is -2.29. The van der Waals surface area contributed by atoms with E-state index >= 15 is 0 Å². The Morgan fingerprint density at radius 1 is 1.28 bits per heavy atom. The third-order valence-corrected chi connectivity index (χ3v) is 1.91. The molecule has 1 atom stereocenters. The summed E-state index contributed by atoms with van der Waals surface area (Å²) in [6, 6.07) is -2.14. The number of carbonyl (C=O) groups is 2. The molecule has 3 N–H and O–H groups in total. The molecule has 0 bridgehead atoms. The van der Waals surface area contributed by atoms with Crippen LogP contribution in [-0.4, -0.2) is 52.9 Å². The van der Waals surface area contributed by atoms with Crippen molar-refractivity contribution in [1.82, 2.24) is 5.32 Å². The van der Waals surface area contributed by atoms with Crippen LogP contribution in [0.1, 0.15) is 20.8 Å². The maximum Gasteiger partial charge on any atom is 0.408 e. The largest absolute Gasteiger partial charge is 0.480 e. The molecular formula is C10H17F2NO5. The zero-order valence-corrected chi connectivity index (χ0v) is 10.4. The van der Waals surface area contributed by atoms with Gasteiger partial charge in [-0.3, -0.25) is 0 Å². The number of hydrogen-bond donors (Lipinski definition) is 3. The highest BCUT2D eigenvalue weighted by molar-refractivity contribution is 5.81. The molecule has 0 saturated heterocycles. The van der Waals surface area contributed by atoms with Gasteiger partial charge in [-0.2, -0.15) is 0 Å². The second-order valence-electron chi connectivity index (χ2n) is 4.79. The summed E-state index contributed by atoms with van der Waals surface area (Å²) >= 11 is 0. The molecule has 0 rings (SSSR count). The highest BCUT2D eigenvalue weighted by Gasteiger charge is 2.44. The van der Waals surface area contributed by atoms with Gasteiger partial charge in [0, 0.05) is 0 Å². The molecule has 0 fully saturated rings. The minimum absolute atomic E-state index is 0.906. The van der Waals surface area contributed by atoms with Crippen molar-refractivity contribution in [1.29, 1.82) is 0 Å². The minimum Gasteiger partial charge on any atom is -0.480 e. The predicted molar refractivity (Wildman–Crippen MR) is 57.7 cm³/mol. The summed E-state index contributed by atoms with van der Waals surface area (Å²) < 4.78 is 29.7. The van der Waals surface area contributed by atoms with E-state index in [-0.39, 0.29) is 0 Å². The number of halogens is 2. The number of carboxylic acid groups (broad SMARTS) is 1. The molecule has 1 amide bonds. The summed E-state index contributed by atoms with van der Waals surface area (Å²) in [7, 11) is 0. The van der Waals surface area contributed by atoms with Crippen molar-refractivity contribution in [2.24, 2.45) is 0 Å². The molecular weight excluding hydrogens is 252 g/mol. The van der Waals surface area contributed by atoms with Crippen molar-refractivity contribution in [2.75, 3.05) is 13.3 Å². The zero-order valence-electron chi connectivity index (χ0n) is 10.4. The maximum absolute atomic E-state index is 12.5. The topological polar surface area (TPSA) is 95.9 Å². The van der Waals surface area contributed by atoms with Crippen molar-refractivity contribution in [3.8, 4) is 0 Å². The van der Waals surface area contributed by atoms with E-state index in [2.05, 4.69) is 0 Å². The second-order valence-corrected chi connectivity index (χ2v) is 4.79. The smallest absolute Gasteiger partial charge is 0.408 e. The van der Waals surface area contributed by atoms with Crippen LogP contribution in [0.4, 0.5) is 13.6 Å². The first-order chi connectivity index (χ1) is 8.05. The van der Waals surface area contributed by atoms with Crippen LogP contribution in [-0.2, 0) is 9.53 Å². The Morgan fingerprint density at radius 2 is 1.72 bits per heavy atom. The van der Waals surface area contributed by atoms with Gasteiger partial charge in [0.15, 0.2) is 11.6 Å². The number of hydrogen-bond acceptors (Lipinski definition) is 4. The van der Waals surface area contributed by atoms with Gasteiger partial charge in [0.1, 0.15) is 19.0 Å². The highest BCUT2D eigenvalue weighted by Crippen LogP contribution is 2.15. The molecule has 0 spiro atoms. The average molecular weight is 269 g/mol. The van der Waals surface area contributed by atoms with E-state index in [1.807, 2.05) is 0 Å². The molecule has 8 heteroatoms. The fraction of sp³-hybridized carbons (Fsp3) is 0.800. The number of carbonyl (C=O) groups excluding carboxylic acids is 1. The van der Waals surface area contributed by atoms with Gasteiger partial charge in [0.2, 0.25) is 0 Å². The van der Waals surface area contributed by atoms with E-state index in [0.29, 0.717) is 0 Å². The van der Waals surface area contributed by atoms with Crippen LogP contribution in [0, 0.1) is 0 Å². The number of nitrogens with one attached hydrogen (secondary N) is 1. The molecule has 0 radical (unpaired) electrons. The van der Waals surface area contributed by atoms with E-state index in [4.69, 9.17) is 9.84 Å². The van der Waals surface area contributed by atoms with Crippen molar-refractivity contribution in [3.05, 3.63) is 0 Å². The summed E-state index contributed by atoms with van der Waals surface area (Å²) in [5, 5.41) is 19.9. The molecule has 0 unspecified atom stereocenters. The number of alkyl carbamates (subject to hydrolysis) is 1. The fourth-order valence-electron chi connectivity index (χ4n) is 1.04. The molecule has 6 nitrogen and oxygen atoms in total. The monoisotopic (exact) mass is 269 g/mol. The highest BCUT2D eigenvalue weighted by atomic mass is 19.1. The van der Waals surface area contributed by atoms with Gasteiger partial charge in [0.05, 0.1) is 0 Å². The van der Waals surface area contributed by atoms with E-state index in [9.17, 15) is 23.5 Å². The maximum atomic E-state index is 12.5. The minimum atomic E-state index is -2.82. The Bertz CT molecular complexity index is 312. The summed E-state index contributed by atoms with van der Waals surface area (Å²) in [4.78, 5) is 22.1. The average Bonchev–Trinajstić information content (AvgIpc) is 2.22. The van der Waals surface area contributed by atoms with E-state index in [0.717, 1.165) is 0 Å². The van der Waals surface area contributed by atoms with Gasteiger partial charge in [-0.25, -0.2) is 18.4 Å². The lowest BCUT2D eigenvalue weighted by Crippen LogP contribution is -2.60. The number of carboxylic acids is 1. The van der Waals surface area contributed by atoms with Crippen molar-refractivity contribution < 1.29 is 33.3 Å². The Morgan fingerprint density at radius 3 is 2.00 bits per heavy atom. The van der Waals surface area contributed by atoms with Crippen LogP contribution in [0.25, 0.3) is 0 Å². The van der Waals surface area contributed by atoms with Crippen LogP contribution in [0.15, 0.2) is 0 Å². The Balaban J connectivity index is 4.85. The number of ether oxygens (including phenoxy) is 1. The first kappa shape index (κ1) is 16.6. The molecule has 106 valence electrons. The van der Waals surface area contributed by atoms with Gasteiger partial charge < -0.3 is 20.3 Å². The molecule has 0 aliphatic carbocycles. The molecule has 0 aliphatic heterocycles. The standard InChI is InChI=1S/C10H17F2NO5/c1-9(2,3)18-8(16)13-6(7(14)15)10(17,4-11)5-12/h6,17H,4-5H2,1-3H3,(H,13,16)(H,14,15)/t6-/m1/s1. The molecule has 18 heavy (non-hydrogen) atoms. The molecule has 0 heterocycles. The number of amides is 1. The SMILES string of the molecule is CC(C)(C)OC(=O)N[C@H](C(=O)O)C(O)(CF)CF. The number of aliphatic carboxylic acids is 1. The number of alkyl halides is 2. The van der Waals surface area contributed by atoms with Crippen LogP contribution >= 0.6 is 0 Å². The van der Waals surface area contributed by atoms with Gasteiger partial charge in [0.25, 0.3) is 0 Å². The van der Waals surface area contributed by atoms with Crippen molar-refractivity contribution in [3.63, 3.8) is 0 Å². The van der Waals surface area contributed by atoms with E-state index in [1.165, 1.54) is 20.8 Å². The summed E-state index contributed by atoms with van der Waals surface area (Å²) in [5.41, 5.74) is -3.72. The fourth-order valence-corrected chi connectivity index (χ4v) is 1.04. The molecule has 0 aromatic carbocycles. The van der Waals surface area contributed by atoms with Crippen molar-refractivity contribution >= 4 is 12.1 Å².